The van der Waals surface area contributed by atoms with E-state index in [4.69, 9.17) is 9.15 Å². The Kier molecular flexibility index (Phi) is 4.32. The minimum absolute atomic E-state index is 0.00958. The van der Waals surface area contributed by atoms with E-state index in [2.05, 4.69) is 15.2 Å². The first-order chi connectivity index (χ1) is 14.6. The highest BCUT2D eigenvalue weighted by atomic mass is 32.1. The molecule has 9 heteroatoms. The van der Waals surface area contributed by atoms with E-state index in [-0.39, 0.29) is 16.8 Å². The van der Waals surface area contributed by atoms with Crippen molar-refractivity contribution in [3.05, 3.63) is 74.8 Å². The quantitative estimate of drug-likeness (QED) is 0.498. The fourth-order valence-electron chi connectivity index (χ4n) is 3.61. The van der Waals surface area contributed by atoms with Gasteiger partial charge < -0.3 is 9.15 Å². The van der Waals surface area contributed by atoms with Crippen molar-refractivity contribution >= 4 is 33.3 Å². The summed E-state index contributed by atoms with van der Waals surface area (Å²) in [5.41, 5.74) is 0.827. The van der Waals surface area contributed by atoms with Crippen molar-refractivity contribution in [3.63, 3.8) is 0 Å². The number of aryl methyl sites for hydroxylation is 1. The van der Waals surface area contributed by atoms with Crippen molar-refractivity contribution in [2.75, 3.05) is 11.5 Å². The van der Waals surface area contributed by atoms with E-state index in [0.29, 0.717) is 39.2 Å². The lowest BCUT2D eigenvalue weighted by molar-refractivity contribution is 0.0970. The molecule has 0 saturated heterocycles. The topological polar surface area (TPSA) is 98.4 Å². The summed E-state index contributed by atoms with van der Waals surface area (Å²) in [6, 6.07) is 9.62. The minimum atomic E-state index is -0.742. The SMILES string of the molecule is CCOc1ccc2c(=O)c3c(oc2c1)C(=O)N(c1nnc(C)s1)C3c1ccccn1. The maximum atomic E-state index is 13.5. The van der Waals surface area contributed by atoms with Gasteiger partial charge in [-0.3, -0.25) is 19.5 Å². The second-order valence-electron chi connectivity index (χ2n) is 6.70. The highest BCUT2D eigenvalue weighted by Gasteiger charge is 2.45. The van der Waals surface area contributed by atoms with Crippen LogP contribution in [0.1, 0.15) is 39.8 Å². The summed E-state index contributed by atoms with van der Waals surface area (Å²) in [4.78, 5) is 32.7. The fraction of sp³-hybridized carbons (Fsp3) is 0.190. The van der Waals surface area contributed by atoms with Crippen LogP contribution in [-0.2, 0) is 0 Å². The highest BCUT2D eigenvalue weighted by molar-refractivity contribution is 7.15. The predicted molar refractivity (Wildman–Crippen MR) is 111 cm³/mol. The van der Waals surface area contributed by atoms with E-state index in [9.17, 15) is 9.59 Å². The molecule has 8 nitrogen and oxygen atoms in total. The zero-order valence-electron chi connectivity index (χ0n) is 16.2. The molecule has 0 spiro atoms. The molecule has 0 bridgehead atoms. The van der Waals surface area contributed by atoms with Gasteiger partial charge in [-0.15, -0.1) is 10.2 Å². The van der Waals surface area contributed by atoms with E-state index >= 15 is 0 Å². The number of aromatic nitrogens is 3. The van der Waals surface area contributed by atoms with E-state index in [1.165, 1.54) is 16.2 Å². The molecule has 3 aromatic heterocycles. The van der Waals surface area contributed by atoms with Crippen LogP contribution >= 0.6 is 11.3 Å². The molecule has 0 aliphatic carbocycles. The average Bonchev–Trinajstić information content (AvgIpc) is 3.30. The Bertz CT molecular complexity index is 1330. The first-order valence-electron chi connectivity index (χ1n) is 9.36. The van der Waals surface area contributed by atoms with Gasteiger partial charge in [-0.1, -0.05) is 17.4 Å². The van der Waals surface area contributed by atoms with E-state index in [1.807, 2.05) is 13.0 Å². The van der Waals surface area contributed by atoms with Gasteiger partial charge in [-0.05, 0) is 38.1 Å². The van der Waals surface area contributed by atoms with Crippen LogP contribution in [0.5, 0.6) is 5.75 Å². The molecule has 1 aliphatic heterocycles. The minimum Gasteiger partial charge on any atom is -0.494 e. The van der Waals surface area contributed by atoms with Crippen molar-refractivity contribution in [1.29, 1.82) is 0 Å². The number of anilines is 1. The summed E-state index contributed by atoms with van der Waals surface area (Å²) >= 11 is 1.27. The van der Waals surface area contributed by atoms with Gasteiger partial charge >= 0.3 is 0 Å². The zero-order chi connectivity index (χ0) is 20.8. The van der Waals surface area contributed by atoms with Gasteiger partial charge in [0.2, 0.25) is 10.9 Å². The Balaban J connectivity index is 1.78. The Morgan fingerprint density at radius 1 is 1.20 bits per heavy atom. The third-order valence-corrected chi connectivity index (χ3v) is 5.68. The normalized spacial score (nSPS) is 15.6. The number of carbonyl (C=O) groups is 1. The van der Waals surface area contributed by atoms with Crippen molar-refractivity contribution in [3.8, 4) is 5.75 Å². The highest BCUT2D eigenvalue weighted by Crippen LogP contribution is 2.41. The van der Waals surface area contributed by atoms with Crippen LogP contribution in [-0.4, -0.2) is 27.7 Å². The van der Waals surface area contributed by atoms with E-state index in [0.717, 1.165) is 0 Å². The molecule has 0 N–H and O–H groups in total. The molecule has 150 valence electrons. The van der Waals surface area contributed by atoms with Gasteiger partial charge in [0, 0.05) is 12.3 Å². The largest absolute Gasteiger partial charge is 0.494 e. The number of rotatable bonds is 4. The Hall–Kier alpha value is -3.59. The summed E-state index contributed by atoms with van der Waals surface area (Å²) in [5.74, 6) is 0.110. The summed E-state index contributed by atoms with van der Waals surface area (Å²) < 4.78 is 11.5. The lowest BCUT2D eigenvalue weighted by atomic mass is 10.0. The first kappa shape index (κ1) is 18.4. The molecule has 1 amide bonds. The summed E-state index contributed by atoms with van der Waals surface area (Å²) in [7, 11) is 0. The van der Waals surface area contributed by atoms with Gasteiger partial charge in [-0.2, -0.15) is 0 Å². The Morgan fingerprint density at radius 2 is 2.07 bits per heavy atom. The molecule has 1 unspecified atom stereocenters. The van der Waals surface area contributed by atoms with Crippen LogP contribution in [0, 0.1) is 6.92 Å². The van der Waals surface area contributed by atoms with E-state index in [1.54, 1.807) is 43.5 Å². The molecule has 4 aromatic rings. The van der Waals surface area contributed by atoms with Crippen LogP contribution in [0.25, 0.3) is 11.0 Å². The molecule has 5 rings (SSSR count). The number of carbonyl (C=O) groups excluding carboxylic acids is 1. The third kappa shape index (κ3) is 2.78. The lowest BCUT2D eigenvalue weighted by Crippen LogP contribution is -2.30. The number of nitrogens with zero attached hydrogens (tertiary/aromatic N) is 4. The standard InChI is InChI=1S/C21H16N4O4S/c1-3-28-12-7-8-13-15(10-12)29-19-16(18(13)26)17(14-6-4-5-9-22-14)25(20(19)27)21-24-23-11(2)30-21/h4-10,17H,3H2,1-2H3. The summed E-state index contributed by atoms with van der Waals surface area (Å²) in [6.45, 7) is 4.15. The molecule has 0 radical (unpaired) electrons. The number of hydrogen-bond acceptors (Lipinski definition) is 8. The van der Waals surface area contributed by atoms with Gasteiger partial charge in [0.25, 0.3) is 5.91 Å². The van der Waals surface area contributed by atoms with Crippen LogP contribution in [0.4, 0.5) is 5.13 Å². The van der Waals surface area contributed by atoms with Crippen LogP contribution in [0.3, 0.4) is 0 Å². The number of benzene rings is 1. The number of pyridine rings is 1. The number of amides is 1. The lowest BCUT2D eigenvalue weighted by Gasteiger charge is -2.20. The molecule has 0 saturated carbocycles. The molecule has 0 fully saturated rings. The second-order valence-corrected chi connectivity index (χ2v) is 7.86. The second kappa shape index (κ2) is 7.03. The number of ether oxygens (including phenoxy) is 1. The first-order valence-corrected chi connectivity index (χ1v) is 10.2. The van der Waals surface area contributed by atoms with Crippen LogP contribution < -0.4 is 15.1 Å². The molecule has 30 heavy (non-hydrogen) atoms. The number of hydrogen-bond donors (Lipinski definition) is 0. The summed E-state index contributed by atoms with van der Waals surface area (Å²) in [6.07, 6.45) is 1.62. The molecular formula is C21H16N4O4S. The third-order valence-electron chi connectivity index (χ3n) is 4.84. The predicted octanol–water partition coefficient (Wildman–Crippen LogP) is 3.50. The number of fused-ring (bicyclic) bond motifs is 2. The fourth-order valence-corrected chi connectivity index (χ4v) is 4.32. The molecule has 1 aromatic carbocycles. The van der Waals surface area contributed by atoms with Gasteiger partial charge in [0.05, 0.1) is 23.3 Å². The zero-order valence-corrected chi connectivity index (χ0v) is 17.0. The Labute approximate surface area is 174 Å². The molecule has 4 heterocycles. The Morgan fingerprint density at radius 3 is 2.77 bits per heavy atom. The van der Waals surface area contributed by atoms with Gasteiger partial charge in [0.1, 0.15) is 22.4 Å². The van der Waals surface area contributed by atoms with Crippen LogP contribution in [0.15, 0.2) is 51.8 Å². The van der Waals surface area contributed by atoms with Crippen LogP contribution in [0.2, 0.25) is 0 Å². The van der Waals surface area contributed by atoms with Crippen molar-refractivity contribution in [2.45, 2.75) is 19.9 Å². The van der Waals surface area contributed by atoms with E-state index < -0.39 is 11.9 Å². The van der Waals surface area contributed by atoms with Crippen molar-refractivity contribution in [1.82, 2.24) is 15.2 Å². The maximum absolute atomic E-state index is 13.5. The average molecular weight is 420 g/mol. The monoisotopic (exact) mass is 420 g/mol. The molecule has 1 atom stereocenters. The van der Waals surface area contributed by atoms with Gasteiger partial charge in [0.15, 0.2) is 5.43 Å². The smallest absolute Gasteiger partial charge is 0.297 e. The summed E-state index contributed by atoms with van der Waals surface area (Å²) in [5, 5.41) is 9.62. The molecule has 1 aliphatic rings. The maximum Gasteiger partial charge on any atom is 0.297 e. The molecular weight excluding hydrogens is 404 g/mol. The van der Waals surface area contributed by atoms with Crippen molar-refractivity contribution in [2.24, 2.45) is 0 Å². The van der Waals surface area contributed by atoms with Gasteiger partial charge in [-0.25, -0.2) is 0 Å². The van der Waals surface area contributed by atoms with Crippen molar-refractivity contribution < 1.29 is 13.9 Å².